The molecule has 19 heavy (non-hydrogen) atoms. The Morgan fingerprint density at radius 1 is 1.42 bits per heavy atom. The molecule has 1 aromatic heterocycles. The van der Waals surface area contributed by atoms with Crippen LogP contribution in [0, 0.1) is 11.7 Å². The SMILES string of the molecule is NCC1CCN(Cc2cc(F)cc3cccnc23)C1. The lowest BCUT2D eigenvalue weighted by Gasteiger charge is -2.16. The largest absolute Gasteiger partial charge is 0.330 e. The Hall–Kier alpha value is -1.52. The lowest BCUT2D eigenvalue weighted by molar-refractivity contribution is 0.318. The van der Waals surface area contributed by atoms with E-state index in [1.165, 1.54) is 0 Å². The minimum atomic E-state index is -0.190. The van der Waals surface area contributed by atoms with Crippen molar-refractivity contribution in [2.75, 3.05) is 19.6 Å². The number of aromatic nitrogens is 1. The fourth-order valence-corrected chi connectivity index (χ4v) is 2.84. The first-order chi connectivity index (χ1) is 9.26. The molecule has 1 aliphatic heterocycles. The van der Waals surface area contributed by atoms with E-state index in [1.54, 1.807) is 18.3 Å². The first-order valence-corrected chi connectivity index (χ1v) is 6.72. The van der Waals surface area contributed by atoms with Crippen LogP contribution in [0.15, 0.2) is 30.5 Å². The molecular weight excluding hydrogens is 241 g/mol. The van der Waals surface area contributed by atoms with Gasteiger partial charge in [-0.25, -0.2) is 4.39 Å². The third kappa shape index (κ3) is 2.60. The number of nitrogens with two attached hydrogens (primary N) is 1. The van der Waals surface area contributed by atoms with E-state index in [-0.39, 0.29) is 5.82 Å². The third-order valence-electron chi connectivity index (χ3n) is 3.85. The number of nitrogens with zero attached hydrogens (tertiary/aromatic N) is 2. The second-order valence-electron chi connectivity index (χ2n) is 5.27. The quantitative estimate of drug-likeness (QED) is 0.918. The van der Waals surface area contributed by atoms with Gasteiger partial charge in [-0.2, -0.15) is 0 Å². The predicted molar refractivity (Wildman–Crippen MR) is 74.1 cm³/mol. The summed E-state index contributed by atoms with van der Waals surface area (Å²) in [5.41, 5.74) is 7.57. The van der Waals surface area contributed by atoms with Gasteiger partial charge in [-0.05, 0) is 49.2 Å². The number of hydrogen-bond donors (Lipinski definition) is 1. The van der Waals surface area contributed by atoms with Crippen LogP contribution >= 0.6 is 0 Å². The molecule has 1 fully saturated rings. The molecule has 0 radical (unpaired) electrons. The average Bonchev–Trinajstić information content (AvgIpc) is 2.86. The van der Waals surface area contributed by atoms with Crippen LogP contribution in [0.3, 0.4) is 0 Å². The minimum absolute atomic E-state index is 0.190. The number of pyridine rings is 1. The van der Waals surface area contributed by atoms with Gasteiger partial charge in [-0.15, -0.1) is 0 Å². The monoisotopic (exact) mass is 259 g/mol. The molecule has 3 nitrogen and oxygen atoms in total. The van der Waals surface area contributed by atoms with Crippen molar-refractivity contribution in [3.05, 3.63) is 41.8 Å². The van der Waals surface area contributed by atoms with Gasteiger partial charge in [-0.3, -0.25) is 9.88 Å². The highest BCUT2D eigenvalue weighted by molar-refractivity contribution is 5.81. The van der Waals surface area contributed by atoms with E-state index in [9.17, 15) is 4.39 Å². The Labute approximate surface area is 112 Å². The second kappa shape index (κ2) is 5.23. The maximum atomic E-state index is 13.6. The molecule has 2 aromatic rings. The van der Waals surface area contributed by atoms with Gasteiger partial charge >= 0.3 is 0 Å². The topological polar surface area (TPSA) is 42.1 Å². The normalized spacial score (nSPS) is 20.2. The van der Waals surface area contributed by atoms with Gasteiger partial charge in [0.1, 0.15) is 5.82 Å². The molecule has 1 aromatic carbocycles. The summed E-state index contributed by atoms with van der Waals surface area (Å²) in [5, 5.41) is 0.868. The highest BCUT2D eigenvalue weighted by atomic mass is 19.1. The van der Waals surface area contributed by atoms with Crippen molar-refractivity contribution < 1.29 is 4.39 Å². The predicted octanol–water partition coefficient (Wildman–Crippen LogP) is 2.15. The van der Waals surface area contributed by atoms with E-state index < -0.39 is 0 Å². The standard InChI is InChI=1S/C15H18FN3/c16-14-6-12-2-1-4-18-15(12)13(7-14)10-19-5-3-11(8-17)9-19/h1-2,4,6-7,11H,3,5,8-10,17H2. The number of hydrogen-bond acceptors (Lipinski definition) is 3. The summed E-state index contributed by atoms with van der Waals surface area (Å²) in [6, 6.07) is 6.89. The highest BCUT2D eigenvalue weighted by Gasteiger charge is 2.21. The number of likely N-dealkylation sites (tertiary alicyclic amines) is 1. The van der Waals surface area contributed by atoms with Crippen molar-refractivity contribution >= 4 is 10.9 Å². The second-order valence-corrected chi connectivity index (χ2v) is 5.27. The summed E-state index contributed by atoms with van der Waals surface area (Å²) in [5.74, 6) is 0.387. The van der Waals surface area contributed by atoms with E-state index in [1.807, 2.05) is 12.1 Å². The van der Waals surface area contributed by atoms with Crippen molar-refractivity contribution in [1.82, 2.24) is 9.88 Å². The van der Waals surface area contributed by atoms with Gasteiger partial charge in [0, 0.05) is 24.7 Å². The van der Waals surface area contributed by atoms with Crippen LogP contribution in [-0.4, -0.2) is 29.5 Å². The van der Waals surface area contributed by atoms with E-state index in [4.69, 9.17) is 5.73 Å². The van der Waals surface area contributed by atoms with Crippen molar-refractivity contribution in [3.8, 4) is 0 Å². The molecule has 0 spiro atoms. The molecule has 2 N–H and O–H groups in total. The van der Waals surface area contributed by atoms with Crippen LogP contribution in [0.25, 0.3) is 10.9 Å². The Balaban J connectivity index is 1.88. The van der Waals surface area contributed by atoms with Gasteiger partial charge < -0.3 is 5.73 Å². The Bertz CT molecular complexity index is 585. The first kappa shape index (κ1) is 12.5. The molecule has 100 valence electrons. The first-order valence-electron chi connectivity index (χ1n) is 6.72. The fraction of sp³-hybridized carbons (Fsp3) is 0.400. The van der Waals surface area contributed by atoms with E-state index in [2.05, 4.69) is 9.88 Å². The average molecular weight is 259 g/mol. The Morgan fingerprint density at radius 3 is 3.11 bits per heavy atom. The van der Waals surface area contributed by atoms with Crippen molar-refractivity contribution in [1.29, 1.82) is 0 Å². The van der Waals surface area contributed by atoms with Crippen molar-refractivity contribution in [3.63, 3.8) is 0 Å². The van der Waals surface area contributed by atoms with Gasteiger partial charge in [0.15, 0.2) is 0 Å². The summed E-state index contributed by atoms with van der Waals surface area (Å²) in [4.78, 5) is 6.72. The molecule has 1 aliphatic rings. The van der Waals surface area contributed by atoms with Gasteiger partial charge in [-0.1, -0.05) is 6.07 Å². The molecule has 1 atom stereocenters. The van der Waals surface area contributed by atoms with Crippen LogP contribution in [-0.2, 0) is 6.54 Å². The van der Waals surface area contributed by atoms with Gasteiger partial charge in [0.2, 0.25) is 0 Å². The summed E-state index contributed by atoms with van der Waals surface area (Å²) >= 11 is 0. The van der Waals surface area contributed by atoms with E-state index in [0.717, 1.165) is 49.1 Å². The highest BCUT2D eigenvalue weighted by Crippen LogP contribution is 2.23. The zero-order valence-corrected chi connectivity index (χ0v) is 10.8. The van der Waals surface area contributed by atoms with Gasteiger partial charge in [0.25, 0.3) is 0 Å². The lowest BCUT2D eigenvalue weighted by atomic mass is 10.1. The maximum Gasteiger partial charge on any atom is 0.124 e. The van der Waals surface area contributed by atoms with E-state index in [0.29, 0.717) is 5.92 Å². The summed E-state index contributed by atoms with van der Waals surface area (Å²) in [6.45, 7) is 3.52. The number of halogens is 1. The van der Waals surface area contributed by atoms with Crippen LogP contribution in [0.2, 0.25) is 0 Å². The molecule has 2 heterocycles. The molecule has 0 saturated carbocycles. The lowest BCUT2D eigenvalue weighted by Crippen LogP contribution is -2.23. The van der Waals surface area contributed by atoms with Crippen molar-refractivity contribution in [2.24, 2.45) is 11.7 Å². The summed E-state index contributed by atoms with van der Waals surface area (Å²) in [6.07, 6.45) is 2.90. The van der Waals surface area contributed by atoms with Crippen LogP contribution in [0.4, 0.5) is 4.39 Å². The Morgan fingerprint density at radius 2 is 2.32 bits per heavy atom. The molecule has 1 saturated heterocycles. The number of benzene rings is 1. The molecule has 3 rings (SSSR count). The molecular formula is C15H18FN3. The zero-order valence-electron chi connectivity index (χ0n) is 10.8. The van der Waals surface area contributed by atoms with Crippen LogP contribution in [0.5, 0.6) is 0 Å². The zero-order chi connectivity index (χ0) is 13.2. The molecule has 0 amide bonds. The van der Waals surface area contributed by atoms with Gasteiger partial charge in [0.05, 0.1) is 5.52 Å². The summed E-state index contributed by atoms with van der Waals surface area (Å²) < 4.78 is 13.6. The molecule has 4 heteroatoms. The molecule has 0 aliphatic carbocycles. The Kier molecular flexibility index (Phi) is 3.44. The third-order valence-corrected chi connectivity index (χ3v) is 3.85. The van der Waals surface area contributed by atoms with Crippen LogP contribution < -0.4 is 5.73 Å². The minimum Gasteiger partial charge on any atom is -0.330 e. The smallest absolute Gasteiger partial charge is 0.124 e. The summed E-state index contributed by atoms with van der Waals surface area (Å²) in [7, 11) is 0. The van der Waals surface area contributed by atoms with E-state index >= 15 is 0 Å². The number of rotatable bonds is 3. The molecule has 0 bridgehead atoms. The number of fused-ring (bicyclic) bond motifs is 1. The van der Waals surface area contributed by atoms with Crippen LogP contribution in [0.1, 0.15) is 12.0 Å². The maximum absolute atomic E-state index is 13.6. The van der Waals surface area contributed by atoms with Crippen molar-refractivity contribution in [2.45, 2.75) is 13.0 Å². The molecule has 1 unspecified atom stereocenters. The fourth-order valence-electron chi connectivity index (χ4n) is 2.84.